The minimum absolute atomic E-state index is 0.202. The molecule has 2 atom stereocenters. The van der Waals surface area contributed by atoms with Gasteiger partial charge in [0.1, 0.15) is 5.76 Å². The fourth-order valence-electron chi connectivity index (χ4n) is 2.93. The molecule has 4 heteroatoms. The molecule has 22 heavy (non-hydrogen) atoms. The third-order valence-electron chi connectivity index (χ3n) is 4.34. The summed E-state index contributed by atoms with van der Waals surface area (Å²) in [5.74, 6) is 1.00. The highest BCUT2D eigenvalue weighted by atomic mass is 16.5. The Balaban J connectivity index is 1.66. The van der Waals surface area contributed by atoms with Crippen LogP contribution in [-0.4, -0.2) is 35.8 Å². The molecule has 1 N–H and O–H groups in total. The second-order valence-corrected chi connectivity index (χ2v) is 5.89. The number of morpholine rings is 1. The number of hydrogen-bond donors (Lipinski definition) is 1. The van der Waals surface area contributed by atoms with Crippen molar-refractivity contribution in [2.24, 2.45) is 0 Å². The summed E-state index contributed by atoms with van der Waals surface area (Å²) in [6.45, 7) is 5.09. The van der Waals surface area contributed by atoms with Crippen molar-refractivity contribution >= 4 is 0 Å². The van der Waals surface area contributed by atoms with Gasteiger partial charge < -0.3 is 14.3 Å². The summed E-state index contributed by atoms with van der Waals surface area (Å²) in [7, 11) is 0. The quantitative estimate of drug-likeness (QED) is 0.922. The van der Waals surface area contributed by atoms with Gasteiger partial charge in [0.25, 0.3) is 0 Å². The van der Waals surface area contributed by atoms with Crippen molar-refractivity contribution in [3.05, 3.63) is 59.5 Å². The predicted octanol–water partition coefficient (Wildman–Crippen LogP) is 2.91. The average Bonchev–Trinajstić information content (AvgIpc) is 2.95. The first kappa shape index (κ1) is 15.3. The molecule has 1 aliphatic heterocycles. The summed E-state index contributed by atoms with van der Waals surface area (Å²) >= 11 is 0. The molecule has 2 heterocycles. The molecule has 1 fully saturated rings. The first-order chi connectivity index (χ1) is 10.7. The van der Waals surface area contributed by atoms with Gasteiger partial charge in [-0.15, -0.1) is 0 Å². The zero-order valence-electron chi connectivity index (χ0n) is 12.9. The van der Waals surface area contributed by atoms with Crippen LogP contribution < -0.4 is 0 Å². The Morgan fingerprint density at radius 3 is 2.82 bits per heavy atom. The van der Waals surface area contributed by atoms with Crippen molar-refractivity contribution in [1.29, 1.82) is 0 Å². The number of furan rings is 1. The van der Waals surface area contributed by atoms with Gasteiger partial charge in [-0.05, 0) is 30.5 Å². The molecule has 0 radical (unpaired) electrons. The Morgan fingerprint density at radius 1 is 1.27 bits per heavy atom. The summed E-state index contributed by atoms with van der Waals surface area (Å²) in [6.07, 6.45) is 1.94. The van der Waals surface area contributed by atoms with Gasteiger partial charge in [-0.1, -0.05) is 30.3 Å². The van der Waals surface area contributed by atoms with Crippen molar-refractivity contribution in [2.45, 2.75) is 32.0 Å². The Morgan fingerprint density at radius 2 is 2.09 bits per heavy atom. The van der Waals surface area contributed by atoms with Crippen molar-refractivity contribution in [3.63, 3.8) is 0 Å². The van der Waals surface area contributed by atoms with E-state index >= 15 is 0 Å². The average molecular weight is 301 g/mol. The highest BCUT2D eigenvalue weighted by molar-refractivity contribution is 5.18. The molecule has 0 amide bonds. The van der Waals surface area contributed by atoms with Gasteiger partial charge in [0, 0.05) is 12.6 Å². The third-order valence-corrected chi connectivity index (χ3v) is 4.34. The predicted molar refractivity (Wildman–Crippen MR) is 84.5 cm³/mol. The second kappa shape index (κ2) is 7.09. The first-order valence-electron chi connectivity index (χ1n) is 7.82. The minimum Gasteiger partial charge on any atom is -0.468 e. The summed E-state index contributed by atoms with van der Waals surface area (Å²) in [4.78, 5) is 2.35. The Bertz CT molecular complexity index is 581. The van der Waals surface area contributed by atoms with E-state index in [-0.39, 0.29) is 6.04 Å². The molecule has 2 unspecified atom stereocenters. The number of rotatable bonds is 5. The van der Waals surface area contributed by atoms with Crippen LogP contribution in [0.3, 0.4) is 0 Å². The zero-order chi connectivity index (χ0) is 15.4. The lowest BCUT2D eigenvalue weighted by Gasteiger charge is -2.36. The Hall–Kier alpha value is -1.62. The molecule has 1 saturated heterocycles. The summed E-state index contributed by atoms with van der Waals surface area (Å²) < 4.78 is 11.2. The lowest BCUT2D eigenvalue weighted by atomic mass is 10.0. The minimum atomic E-state index is -0.465. The number of aryl methyl sites for hydroxylation is 1. The van der Waals surface area contributed by atoms with Crippen LogP contribution in [0.15, 0.2) is 47.1 Å². The molecule has 4 nitrogen and oxygen atoms in total. The highest BCUT2D eigenvalue weighted by Gasteiger charge is 2.27. The van der Waals surface area contributed by atoms with Crippen LogP contribution in [0.25, 0.3) is 0 Å². The van der Waals surface area contributed by atoms with E-state index in [9.17, 15) is 5.11 Å². The van der Waals surface area contributed by atoms with Gasteiger partial charge in [0.05, 0.1) is 32.1 Å². The lowest BCUT2D eigenvalue weighted by molar-refractivity contribution is -0.0324. The second-order valence-electron chi connectivity index (χ2n) is 5.89. The Kier molecular flexibility index (Phi) is 4.93. The summed E-state index contributed by atoms with van der Waals surface area (Å²) in [5.41, 5.74) is 2.14. The molecule has 1 aromatic heterocycles. The maximum Gasteiger partial charge on any atom is 0.120 e. The molecule has 1 aromatic carbocycles. The van der Waals surface area contributed by atoms with Crippen LogP contribution in [0.4, 0.5) is 0 Å². The van der Waals surface area contributed by atoms with Crippen LogP contribution in [0.1, 0.15) is 29.4 Å². The van der Waals surface area contributed by atoms with E-state index in [2.05, 4.69) is 11.8 Å². The molecular formula is C18H23NO3. The largest absolute Gasteiger partial charge is 0.468 e. The van der Waals surface area contributed by atoms with Crippen molar-refractivity contribution in [2.75, 3.05) is 19.8 Å². The number of benzene rings is 1. The van der Waals surface area contributed by atoms with E-state index in [1.165, 1.54) is 5.56 Å². The maximum atomic E-state index is 10.5. The smallest absolute Gasteiger partial charge is 0.120 e. The van der Waals surface area contributed by atoms with E-state index in [1.807, 2.05) is 36.4 Å². The number of aliphatic hydroxyl groups is 1. The van der Waals surface area contributed by atoms with E-state index in [1.54, 1.807) is 6.26 Å². The van der Waals surface area contributed by atoms with Crippen molar-refractivity contribution < 1.29 is 14.3 Å². The maximum absolute atomic E-state index is 10.5. The van der Waals surface area contributed by atoms with Crippen LogP contribution in [-0.2, 0) is 11.3 Å². The molecule has 2 aromatic rings. The van der Waals surface area contributed by atoms with E-state index in [0.29, 0.717) is 13.0 Å². The first-order valence-corrected chi connectivity index (χ1v) is 7.82. The van der Waals surface area contributed by atoms with Gasteiger partial charge in [-0.2, -0.15) is 0 Å². The van der Waals surface area contributed by atoms with E-state index < -0.39 is 6.10 Å². The van der Waals surface area contributed by atoms with Gasteiger partial charge in [-0.3, -0.25) is 4.90 Å². The topological polar surface area (TPSA) is 45.8 Å². The summed E-state index contributed by atoms with van der Waals surface area (Å²) in [6, 6.07) is 12.0. The van der Waals surface area contributed by atoms with E-state index in [4.69, 9.17) is 9.15 Å². The molecule has 0 bridgehead atoms. The number of ether oxygens (including phenoxy) is 1. The van der Waals surface area contributed by atoms with Crippen LogP contribution in [0, 0.1) is 6.92 Å². The number of aliphatic hydroxyl groups excluding tert-OH is 1. The number of hydrogen-bond acceptors (Lipinski definition) is 4. The summed E-state index contributed by atoms with van der Waals surface area (Å²) in [5, 5.41) is 10.5. The lowest BCUT2D eigenvalue weighted by Crippen LogP contribution is -2.45. The molecule has 3 rings (SSSR count). The standard InChI is InChI=1S/C18H23NO3/c1-14-7-9-22-18(14)12-19-8-10-21-13-16(19)11-17(20)15-5-3-2-4-6-15/h2-7,9,16-17,20H,8,10-13H2,1H3. The van der Waals surface area contributed by atoms with Crippen molar-refractivity contribution in [1.82, 2.24) is 4.90 Å². The highest BCUT2D eigenvalue weighted by Crippen LogP contribution is 2.24. The molecule has 0 saturated carbocycles. The zero-order valence-corrected chi connectivity index (χ0v) is 12.9. The van der Waals surface area contributed by atoms with Crippen LogP contribution in [0.5, 0.6) is 0 Å². The fraction of sp³-hybridized carbons (Fsp3) is 0.444. The fourth-order valence-corrected chi connectivity index (χ4v) is 2.93. The van der Waals surface area contributed by atoms with Gasteiger partial charge in [0.15, 0.2) is 0 Å². The van der Waals surface area contributed by atoms with Gasteiger partial charge >= 0.3 is 0 Å². The normalized spacial score (nSPS) is 20.9. The van der Waals surface area contributed by atoms with E-state index in [0.717, 1.165) is 31.0 Å². The SMILES string of the molecule is Cc1ccoc1CN1CCOCC1CC(O)c1ccccc1. The van der Waals surface area contributed by atoms with Gasteiger partial charge in [-0.25, -0.2) is 0 Å². The molecule has 0 aliphatic carbocycles. The number of nitrogens with zero attached hydrogens (tertiary/aromatic N) is 1. The van der Waals surface area contributed by atoms with Gasteiger partial charge in [0.2, 0.25) is 0 Å². The molecular weight excluding hydrogens is 278 g/mol. The third kappa shape index (κ3) is 3.58. The Labute approximate surface area is 131 Å². The molecule has 0 spiro atoms. The molecule has 118 valence electrons. The monoisotopic (exact) mass is 301 g/mol. The van der Waals surface area contributed by atoms with Crippen LogP contribution in [0.2, 0.25) is 0 Å². The molecule has 1 aliphatic rings. The van der Waals surface area contributed by atoms with Crippen molar-refractivity contribution in [3.8, 4) is 0 Å². The van der Waals surface area contributed by atoms with Crippen LogP contribution >= 0.6 is 0 Å².